The highest BCUT2D eigenvalue weighted by Gasteiger charge is 2.15. The van der Waals surface area contributed by atoms with E-state index in [2.05, 4.69) is 20.7 Å². The SMILES string of the molecule is CNc1nccc(C(=O)NCc2cnn(C)c2C)c1F. The first-order valence-corrected chi connectivity index (χ1v) is 6.12. The topological polar surface area (TPSA) is 71.8 Å². The summed E-state index contributed by atoms with van der Waals surface area (Å²) in [5.41, 5.74) is 1.81. The maximum atomic E-state index is 13.9. The van der Waals surface area contributed by atoms with Crippen molar-refractivity contribution in [3.05, 3.63) is 41.1 Å². The van der Waals surface area contributed by atoms with Crippen molar-refractivity contribution in [2.24, 2.45) is 7.05 Å². The number of aromatic nitrogens is 3. The third-order valence-corrected chi connectivity index (χ3v) is 3.15. The van der Waals surface area contributed by atoms with Crippen LogP contribution in [0, 0.1) is 12.7 Å². The number of nitrogens with one attached hydrogen (secondary N) is 2. The summed E-state index contributed by atoms with van der Waals surface area (Å²) in [4.78, 5) is 15.8. The molecule has 0 saturated heterocycles. The van der Waals surface area contributed by atoms with Gasteiger partial charge >= 0.3 is 0 Å². The molecular weight excluding hydrogens is 261 g/mol. The van der Waals surface area contributed by atoms with E-state index in [4.69, 9.17) is 0 Å². The largest absolute Gasteiger partial charge is 0.371 e. The lowest BCUT2D eigenvalue weighted by atomic mass is 10.2. The van der Waals surface area contributed by atoms with Crippen LogP contribution in [0.5, 0.6) is 0 Å². The van der Waals surface area contributed by atoms with Crippen LogP contribution >= 0.6 is 0 Å². The van der Waals surface area contributed by atoms with Gasteiger partial charge in [0.1, 0.15) is 0 Å². The number of amides is 1. The Kier molecular flexibility index (Phi) is 3.97. The van der Waals surface area contributed by atoms with Crippen LogP contribution in [0.25, 0.3) is 0 Å². The summed E-state index contributed by atoms with van der Waals surface area (Å²) >= 11 is 0. The Labute approximate surface area is 116 Å². The number of carbonyl (C=O) groups excluding carboxylic acids is 1. The molecule has 0 bridgehead atoms. The number of carbonyl (C=O) groups is 1. The van der Waals surface area contributed by atoms with Crippen LogP contribution in [0.2, 0.25) is 0 Å². The molecule has 0 aliphatic carbocycles. The van der Waals surface area contributed by atoms with Gasteiger partial charge in [0.2, 0.25) is 0 Å². The van der Waals surface area contributed by atoms with Gasteiger partial charge in [-0.2, -0.15) is 5.10 Å². The molecule has 0 aromatic carbocycles. The Balaban J connectivity index is 2.11. The van der Waals surface area contributed by atoms with Gasteiger partial charge in [0.15, 0.2) is 11.6 Å². The van der Waals surface area contributed by atoms with E-state index in [0.29, 0.717) is 6.54 Å². The van der Waals surface area contributed by atoms with Crippen molar-refractivity contribution >= 4 is 11.7 Å². The van der Waals surface area contributed by atoms with E-state index < -0.39 is 11.7 Å². The maximum absolute atomic E-state index is 13.9. The Hall–Kier alpha value is -2.44. The lowest BCUT2D eigenvalue weighted by molar-refractivity contribution is 0.0947. The molecule has 7 heteroatoms. The number of hydrogen-bond donors (Lipinski definition) is 2. The first kappa shape index (κ1) is 14.0. The van der Waals surface area contributed by atoms with Crippen molar-refractivity contribution in [3.63, 3.8) is 0 Å². The third kappa shape index (κ3) is 2.61. The van der Waals surface area contributed by atoms with Crippen molar-refractivity contribution in [1.82, 2.24) is 20.1 Å². The van der Waals surface area contributed by atoms with E-state index in [0.717, 1.165) is 11.3 Å². The van der Waals surface area contributed by atoms with Gasteiger partial charge in [-0.05, 0) is 13.0 Å². The molecule has 1 amide bonds. The van der Waals surface area contributed by atoms with Crippen LogP contribution in [0.15, 0.2) is 18.5 Å². The van der Waals surface area contributed by atoms with Crippen molar-refractivity contribution < 1.29 is 9.18 Å². The second-order valence-corrected chi connectivity index (χ2v) is 4.33. The van der Waals surface area contributed by atoms with Gasteiger partial charge in [-0.1, -0.05) is 0 Å². The Morgan fingerprint density at radius 2 is 2.25 bits per heavy atom. The van der Waals surface area contributed by atoms with E-state index in [1.807, 2.05) is 14.0 Å². The number of pyridine rings is 1. The Morgan fingerprint density at radius 1 is 1.50 bits per heavy atom. The zero-order valence-corrected chi connectivity index (χ0v) is 11.6. The smallest absolute Gasteiger partial charge is 0.254 e. The second-order valence-electron chi connectivity index (χ2n) is 4.33. The van der Waals surface area contributed by atoms with Gasteiger partial charge in [-0.15, -0.1) is 0 Å². The molecule has 20 heavy (non-hydrogen) atoms. The van der Waals surface area contributed by atoms with Gasteiger partial charge in [-0.25, -0.2) is 9.37 Å². The molecule has 0 unspecified atom stereocenters. The number of anilines is 1. The van der Waals surface area contributed by atoms with Crippen LogP contribution in [-0.4, -0.2) is 27.7 Å². The Morgan fingerprint density at radius 3 is 2.85 bits per heavy atom. The summed E-state index contributed by atoms with van der Waals surface area (Å²) < 4.78 is 15.6. The summed E-state index contributed by atoms with van der Waals surface area (Å²) in [6.45, 7) is 2.20. The molecule has 2 rings (SSSR count). The third-order valence-electron chi connectivity index (χ3n) is 3.15. The van der Waals surface area contributed by atoms with Crippen molar-refractivity contribution in [3.8, 4) is 0 Å². The van der Waals surface area contributed by atoms with Crippen LogP contribution < -0.4 is 10.6 Å². The summed E-state index contributed by atoms with van der Waals surface area (Å²) in [5, 5.41) is 9.35. The fraction of sp³-hybridized carbons (Fsp3) is 0.308. The molecule has 2 heterocycles. The summed E-state index contributed by atoms with van der Waals surface area (Å²) in [6.07, 6.45) is 3.07. The average molecular weight is 277 g/mol. The number of aryl methyl sites for hydroxylation is 1. The predicted molar refractivity (Wildman–Crippen MR) is 72.9 cm³/mol. The average Bonchev–Trinajstić information content (AvgIpc) is 2.76. The van der Waals surface area contributed by atoms with E-state index in [1.54, 1.807) is 17.9 Å². The van der Waals surface area contributed by atoms with Crippen LogP contribution in [0.1, 0.15) is 21.6 Å². The highest BCUT2D eigenvalue weighted by molar-refractivity contribution is 5.95. The van der Waals surface area contributed by atoms with Crippen molar-refractivity contribution in [2.45, 2.75) is 13.5 Å². The molecular formula is C13H16FN5O. The van der Waals surface area contributed by atoms with Gasteiger partial charge in [0.05, 0.1) is 11.8 Å². The minimum absolute atomic E-state index is 0.0362. The zero-order valence-electron chi connectivity index (χ0n) is 11.6. The van der Waals surface area contributed by atoms with Gasteiger partial charge in [0.25, 0.3) is 5.91 Å². The fourth-order valence-corrected chi connectivity index (χ4v) is 1.78. The molecule has 2 N–H and O–H groups in total. The minimum atomic E-state index is -0.657. The van der Waals surface area contributed by atoms with E-state index in [1.165, 1.54) is 12.3 Å². The van der Waals surface area contributed by atoms with Crippen molar-refractivity contribution in [2.75, 3.05) is 12.4 Å². The van der Waals surface area contributed by atoms with Crippen molar-refractivity contribution in [1.29, 1.82) is 0 Å². The van der Waals surface area contributed by atoms with Gasteiger partial charge in [-0.3, -0.25) is 9.48 Å². The van der Waals surface area contributed by atoms with Gasteiger partial charge < -0.3 is 10.6 Å². The molecule has 0 atom stereocenters. The van der Waals surface area contributed by atoms with E-state index in [9.17, 15) is 9.18 Å². The van der Waals surface area contributed by atoms with Crippen LogP contribution in [0.4, 0.5) is 10.2 Å². The molecule has 2 aromatic rings. The predicted octanol–water partition coefficient (Wildman–Crippen LogP) is 1.23. The lowest BCUT2D eigenvalue weighted by Gasteiger charge is -2.08. The maximum Gasteiger partial charge on any atom is 0.254 e. The molecule has 0 saturated carbocycles. The lowest BCUT2D eigenvalue weighted by Crippen LogP contribution is -2.24. The van der Waals surface area contributed by atoms with E-state index in [-0.39, 0.29) is 11.4 Å². The molecule has 0 aliphatic heterocycles. The fourth-order valence-electron chi connectivity index (χ4n) is 1.78. The highest BCUT2D eigenvalue weighted by Crippen LogP contribution is 2.14. The highest BCUT2D eigenvalue weighted by atomic mass is 19.1. The molecule has 0 aliphatic rings. The Bertz CT molecular complexity index is 638. The molecule has 0 spiro atoms. The summed E-state index contributed by atoms with van der Waals surface area (Å²) in [6, 6.07) is 1.35. The molecule has 6 nitrogen and oxygen atoms in total. The second kappa shape index (κ2) is 5.68. The molecule has 106 valence electrons. The van der Waals surface area contributed by atoms with Crippen LogP contribution in [-0.2, 0) is 13.6 Å². The number of hydrogen-bond acceptors (Lipinski definition) is 4. The normalized spacial score (nSPS) is 10.4. The standard InChI is InChI=1S/C13H16FN5O/c1-8-9(7-18-19(8)3)6-17-13(20)10-4-5-16-12(15-2)11(10)14/h4-5,7H,6H2,1-3H3,(H,15,16)(H,17,20). The monoisotopic (exact) mass is 277 g/mol. The first-order chi connectivity index (χ1) is 9.54. The zero-order chi connectivity index (χ0) is 14.7. The molecule has 2 aromatic heterocycles. The van der Waals surface area contributed by atoms with Gasteiger partial charge in [0, 0.05) is 38.1 Å². The first-order valence-electron chi connectivity index (χ1n) is 6.12. The quantitative estimate of drug-likeness (QED) is 0.882. The number of nitrogens with zero attached hydrogens (tertiary/aromatic N) is 3. The van der Waals surface area contributed by atoms with E-state index >= 15 is 0 Å². The molecule has 0 radical (unpaired) electrons. The summed E-state index contributed by atoms with van der Waals surface area (Å²) in [7, 11) is 3.37. The summed E-state index contributed by atoms with van der Waals surface area (Å²) in [5.74, 6) is -1.09. The molecule has 0 fully saturated rings. The number of halogens is 1. The number of rotatable bonds is 4. The van der Waals surface area contributed by atoms with Crippen LogP contribution in [0.3, 0.4) is 0 Å². The minimum Gasteiger partial charge on any atom is -0.371 e.